The minimum atomic E-state index is -1.77. The van der Waals surface area contributed by atoms with Crippen molar-refractivity contribution in [2.75, 3.05) is 33.9 Å². The van der Waals surface area contributed by atoms with Gasteiger partial charge in [0, 0.05) is 30.5 Å². The summed E-state index contributed by atoms with van der Waals surface area (Å²) in [6, 6.07) is 11.8. The lowest BCUT2D eigenvalue weighted by atomic mass is 9.54. The molecule has 0 aromatic heterocycles. The minimum absolute atomic E-state index is 0.156. The van der Waals surface area contributed by atoms with Gasteiger partial charge in [0.1, 0.15) is 5.92 Å². The van der Waals surface area contributed by atoms with Crippen LogP contribution < -0.4 is 9.47 Å². The van der Waals surface area contributed by atoms with Gasteiger partial charge in [-0.1, -0.05) is 25.1 Å². The van der Waals surface area contributed by atoms with Gasteiger partial charge in [-0.2, -0.15) is 15.8 Å². The average Bonchev–Trinajstić information content (AvgIpc) is 2.78. The first-order valence-electron chi connectivity index (χ1n) is 9.97. The number of fused-ring (bicyclic) bond motifs is 1. The van der Waals surface area contributed by atoms with Crippen LogP contribution in [0.1, 0.15) is 24.8 Å². The highest BCUT2D eigenvalue weighted by Gasteiger charge is 2.58. The number of rotatable bonds is 5. The average molecular weight is 403 g/mol. The molecule has 1 heterocycles. The van der Waals surface area contributed by atoms with Crippen molar-refractivity contribution < 1.29 is 9.47 Å². The van der Waals surface area contributed by atoms with Gasteiger partial charge < -0.3 is 14.9 Å². The number of ether oxygens (including phenoxy) is 2. The highest BCUT2D eigenvalue weighted by atomic mass is 16.5. The second kappa shape index (κ2) is 8.57. The Bertz CT molecular complexity index is 980. The van der Waals surface area contributed by atoms with E-state index in [1.807, 2.05) is 12.1 Å². The van der Waals surface area contributed by atoms with E-state index in [9.17, 15) is 15.8 Å². The predicted octanol–water partition coefficient (Wildman–Crippen LogP) is 3.26. The third kappa shape index (κ3) is 3.11. The molecule has 3 atom stereocenters. The molecule has 1 aliphatic heterocycles. The van der Waals surface area contributed by atoms with Crippen LogP contribution in [0.25, 0.3) is 0 Å². The molecule has 0 amide bonds. The number of nitrogens with zero attached hydrogens (tertiary/aromatic N) is 4. The first-order valence-corrected chi connectivity index (χ1v) is 9.97. The lowest BCUT2D eigenvalue weighted by Crippen LogP contribution is -2.53. The Hall–Kier alpha value is -3.34. The second-order valence-corrected chi connectivity index (χ2v) is 7.64. The highest BCUT2D eigenvalue weighted by Crippen LogP contribution is 2.56. The number of nitrogens with one attached hydrogen (secondary N) is 1. The molecule has 1 aromatic rings. The topological polar surface area (TPSA) is 117 Å². The van der Waals surface area contributed by atoms with Gasteiger partial charge in [0.2, 0.25) is 0 Å². The van der Waals surface area contributed by atoms with E-state index in [0.717, 1.165) is 18.5 Å². The summed E-state index contributed by atoms with van der Waals surface area (Å²) in [6.07, 6.45) is 2.98. The molecular formula is C23H25N5O2. The van der Waals surface area contributed by atoms with Crippen LogP contribution >= 0.6 is 0 Å². The van der Waals surface area contributed by atoms with E-state index in [1.54, 1.807) is 12.1 Å². The fourth-order valence-corrected chi connectivity index (χ4v) is 4.87. The van der Waals surface area contributed by atoms with E-state index in [1.165, 1.54) is 14.2 Å². The molecule has 1 aromatic carbocycles. The summed E-state index contributed by atoms with van der Waals surface area (Å²) >= 11 is 0. The molecule has 1 N–H and O–H groups in total. The molecule has 0 spiro atoms. The lowest BCUT2D eigenvalue weighted by Gasteiger charge is -2.48. The standard InChI is InChI=1S/C23H25N5O2/c1-4-9-28-10-8-15-17(11-24)22(27)23(13-25,14-26)20(18(15)12-28)16-6-5-7-19(29-2)21(16)30-3/h5-8,17-18,20,27H,4,9-10,12H2,1-3H3/t17?,18-,20+/m0/s1. The molecule has 0 saturated heterocycles. The zero-order valence-corrected chi connectivity index (χ0v) is 17.5. The first-order chi connectivity index (χ1) is 14.5. The van der Waals surface area contributed by atoms with E-state index >= 15 is 0 Å². The number of benzene rings is 1. The molecule has 1 aliphatic carbocycles. The number of nitriles is 3. The summed E-state index contributed by atoms with van der Waals surface area (Å²) in [5.74, 6) is -0.827. The highest BCUT2D eigenvalue weighted by molar-refractivity contribution is 6.01. The van der Waals surface area contributed by atoms with E-state index in [4.69, 9.17) is 14.9 Å². The number of methoxy groups -OCH3 is 2. The van der Waals surface area contributed by atoms with Crippen LogP contribution in [0.5, 0.6) is 11.5 Å². The van der Waals surface area contributed by atoms with Gasteiger partial charge in [-0.15, -0.1) is 0 Å². The first kappa shape index (κ1) is 21.4. The lowest BCUT2D eigenvalue weighted by molar-refractivity contribution is 0.202. The maximum absolute atomic E-state index is 10.2. The fraction of sp³-hybridized carbons (Fsp3) is 0.478. The van der Waals surface area contributed by atoms with Gasteiger partial charge in [0.05, 0.1) is 38.1 Å². The van der Waals surface area contributed by atoms with Crippen molar-refractivity contribution in [1.82, 2.24) is 4.90 Å². The van der Waals surface area contributed by atoms with Crippen LogP contribution in [0.3, 0.4) is 0 Å². The number of para-hydroxylation sites is 1. The fourth-order valence-electron chi connectivity index (χ4n) is 4.87. The van der Waals surface area contributed by atoms with Crippen LogP contribution in [0.2, 0.25) is 0 Å². The summed E-state index contributed by atoms with van der Waals surface area (Å²) < 4.78 is 11.1. The van der Waals surface area contributed by atoms with E-state index < -0.39 is 17.3 Å². The van der Waals surface area contributed by atoms with Gasteiger partial charge in [-0.05, 0) is 24.6 Å². The third-order valence-corrected chi connectivity index (χ3v) is 6.17. The molecular weight excluding hydrogens is 378 g/mol. The largest absolute Gasteiger partial charge is 0.493 e. The maximum atomic E-state index is 10.2. The van der Waals surface area contributed by atoms with Crippen LogP contribution in [0.15, 0.2) is 29.8 Å². The van der Waals surface area contributed by atoms with Crippen molar-refractivity contribution in [2.45, 2.75) is 19.3 Å². The van der Waals surface area contributed by atoms with Crippen LogP contribution in [-0.4, -0.2) is 44.5 Å². The van der Waals surface area contributed by atoms with Crippen molar-refractivity contribution in [1.29, 1.82) is 21.2 Å². The SMILES string of the molecule is CCCN1CC=C2C(C#N)C(=N)C(C#N)(C#N)[C@H](c3cccc(OC)c3OC)[C@H]2C1. The van der Waals surface area contributed by atoms with E-state index in [-0.39, 0.29) is 11.6 Å². The molecule has 1 unspecified atom stereocenters. The van der Waals surface area contributed by atoms with Gasteiger partial charge in [-0.25, -0.2) is 0 Å². The normalized spacial score (nSPS) is 25.1. The van der Waals surface area contributed by atoms with Crippen molar-refractivity contribution in [3.05, 3.63) is 35.4 Å². The van der Waals surface area contributed by atoms with E-state index in [0.29, 0.717) is 30.2 Å². The van der Waals surface area contributed by atoms with E-state index in [2.05, 4.69) is 30.0 Å². The summed E-state index contributed by atoms with van der Waals surface area (Å²) in [4.78, 5) is 2.26. The van der Waals surface area contributed by atoms with Crippen molar-refractivity contribution in [3.8, 4) is 29.7 Å². The Morgan fingerprint density at radius 2 is 1.93 bits per heavy atom. The second-order valence-electron chi connectivity index (χ2n) is 7.64. The van der Waals surface area contributed by atoms with Gasteiger partial charge in [0.25, 0.3) is 0 Å². The summed E-state index contributed by atoms with van der Waals surface area (Å²) in [5, 5.41) is 38.9. The summed E-state index contributed by atoms with van der Waals surface area (Å²) in [6.45, 7) is 4.29. The van der Waals surface area contributed by atoms with Gasteiger partial charge >= 0.3 is 0 Å². The van der Waals surface area contributed by atoms with Crippen LogP contribution in [-0.2, 0) is 0 Å². The van der Waals surface area contributed by atoms with Crippen LogP contribution in [0, 0.1) is 56.7 Å². The molecule has 3 rings (SSSR count). The van der Waals surface area contributed by atoms with Crippen molar-refractivity contribution in [2.24, 2.45) is 17.3 Å². The van der Waals surface area contributed by atoms with Crippen molar-refractivity contribution in [3.63, 3.8) is 0 Å². The number of hydrogen-bond acceptors (Lipinski definition) is 7. The molecule has 7 heteroatoms. The molecule has 2 aliphatic rings. The molecule has 0 radical (unpaired) electrons. The van der Waals surface area contributed by atoms with Gasteiger partial charge in [0.15, 0.2) is 16.9 Å². The molecule has 7 nitrogen and oxygen atoms in total. The Labute approximate surface area is 177 Å². The van der Waals surface area contributed by atoms with Crippen LogP contribution in [0.4, 0.5) is 0 Å². The molecule has 30 heavy (non-hydrogen) atoms. The maximum Gasteiger partial charge on any atom is 0.189 e. The Morgan fingerprint density at radius 3 is 2.50 bits per heavy atom. The van der Waals surface area contributed by atoms with Gasteiger partial charge in [-0.3, -0.25) is 4.90 Å². The monoisotopic (exact) mass is 403 g/mol. The zero-order valence-electron chi connectivity index (χ0n) is 17.5. The predicted molar refractivity (Wildman–Crippen MR) is 111 cm³/mol. The Kier molecular flexibility index (Phi) is 6.11. The summed E-state index contributed by atoms with van der Waals surface area (Å²) in [5.41, 5.74) is -0.449. The Morgan fingerprint density at radius 1 is 1.20 bits per heavy atom. The minimum Gasteiger partial charge on any atom is -0.493 e. The molecule has 0 bridgehead atoms. The molecule has 1 fully saturated rings. The molecule has 154 valence electrons. The molecule has 1 saturated carbocycles. The van der Waals surface area contributed by atoms with Crippen molar-refractivity contribution >= 4 is 5.71 Å². The zero-order chi connectivity index (χ0) is 21.9. The Balaban J connectivity index is 2.29. The third-order valence-electron chi connectivity index (χ3n) is 6.17. The quantitative estimate of drug-likeness (QED) is 0.754. The number of hydrogen-bond donors (Lipinski definition) is 1. The smallest absolute Gasteiger partial charge is 0.189 e. The summed E-state index contributed by atoms with van der Waals surface area (Å²) in [7, 11) is 3.06.